The molecule has 0 heterocycles. The van der Waals surface area contributed by atoms with Crippen LogP contribution in [-0.2, 0) is 4.79 Å². The molecular formula is C14H20N4O3. The fourth-order valence-electron chi connectivity index (χ4n) is 1.84. The SMILES string of the molecule is CCCCN(CC(N)=O)C(=O)c1cccc(C(N)=NO)c1. The van der Waals surface area contributed by atoms with Gasteiger partial charge in [0.05, 0.1) is 6.54 Å². The molecule has 0 aliphatic carbocycles. The normalized spacial score (nSPS) is 11.2. The number of carbonyl (C=O) groups is 2. The first kappa shape index (κ1) is 16.5. The number of carbonyl (C=O) groups excluding carboxylic acids is 2. The summed E-state index contributed by atoms with van der Waals surface area (Å²) in [4.78, 5) is 24.9. The number of nitrogens with zero attached hydrogens (tertiary/aromatic N) is 2. The average molecular weight is 292 g/mol. The van der Waals surface area contributed by atoms with Crippen molar-refractivity contribution in [2.24, 2.45) is 16.6 Å². The largest absolute Gasteiger partial charge is 0.409 e. The van der Waals surface area contributed by atoms with Crippen LogP contribution in [0, 0.1) is 0 Å². The first-order chi connectivity index (χ1) is 9.99. The Hall–Kier alpha value is -2.57. The van der Waals surface area contributed by atoms with Crippen LogP contribution in [0.25, 0.3) is 0 Å². The molecule has 0 saturated carbocycles. The van der Waals surface area contributed by atoms with Gasteiger partial charge < -0.3 is 21.6 Å². The predicted molar refractivity (Wildman–Crippen MR) is 79.0 cm³/mol. The summed E-state index contributed by atoms with van der Waals surface area (Å²) in [6, 6.07) is 6.37. The summed E-state index contributed by atoms with van der Waals surface area (Å²) >= 11 is 0. The van der Waals surface area contributed by atoms with Crippen LogP contribution in [-0.4, -0.2) is 40.8 Å². The minimum atomic E-state index is -0.563. The Morgan fingerprint density at radius 1 is 1.29 bits per heavy atom. The third kappa shape index (κ3) is 4.79. The molecule has 1 aromatic rings. The standard InChI is InChI=1S/C14H20N4O3/c1-2-3-7-18(9-12(15)19)14(20)11-6-4-5-10(8-11)13(16)17-21/h4-6,8,21H,2-3,7,9H2,1H3,(H2,15,19)(H2,16,17). The van der Waals surface area contributed by atoms with E-state index in [2.05, 4.69) is 5.16 Å². The summed E-state index contributed by atoms with van der Waals surface area (Å²) in [7, 11) is 0. The Morgan fingerprint density at radius 3 is 2.52 bits per heavy atom. The molecule has 7 nitrogen and oxygen atoms in total. The van der Waals surface area contributed by atoms with Crippen molar-refractivity contribution in [3.8, 4) is 0 Å². The Balaban J connectivity index is 2.99. The summed E-state index contributed by atoms with van der Waals surface area (Å²) in [5, 5.41) is 11.6. The molecule has 0 aromatic heterocycles. The second-order valence-electron chi connectivity index (χ2n) is 4.61. The monoisotopic (exact) mass is 292 g/mol. The topological polar surface area (TPSA) is 122 Å². The van der Waals surface area contributed by atoms with E-state index < -0.39 is 5.91 Å². The van der Waals surface area contributed by atoms with Gasteiger partial charge in [0.2, 0.25) is 5.91 Å². The Morgan fingerprint density at radius 2 is 1.95 bits per heavy atom. The molecule has 0 spiro atoms. The summed E-state index contributed by atoms with van der Waals surface area (Å²) in [6.07, 6.45) is 1.67. The van der Waals surface area contributed by atoms with Crippen LogP contribution in [0.1, 0.15) is 35.7 Å². The number of oxime groups is 1. The first-order valence-corrected chi connectivity index (χ1v) is 6.65. The highest BCUT2D eigenvalue weighted by atomic mass is 16.4. The first-order valence-electron chi connectivity index (χ1n) is 6.65. The highest BCUT2D eigenvalue weighted by molar-refractivity contribution is 6.01. The molecule has 1 aromatic carbocycles. The molecule has 0 atom stereocenters. The predicted octanol–water partition coefficient (Wildman–Crippen LogP) is 0.509. The maximum atomic E-state index is 12.4. The number of hydrogen-bond acceptors (Lipinski definition) is 4. The van der Waals surface area contributed by atoms with E-state index in [4.69, 9.17) is 16.7 Å². The van der Waals surface area contributed by atoms with Crippen LogP contribution in [0.2, 0.25) is 0 Å². The number of primary amides is 1. The maximum absolute atomic E-state index is 12.4. The van der Waals surface area contributed by atoms with Crippen molar-refractivity contribution < 1.29 is 14.8 Å². The molecule has 0 radical (unpaired) electrons. The number of amides is 2. The van der Waals surface area contributed by atoms with Gasteiger partial charge in [-0.2, -0.15) is 0 Å². The maximum Gasteiger partial charge on any atom is 0.254 e. The molecule has 0 saturated heterocycles. The lowest BCUT2D eigenvalue weighted by atomic mass is 10.1. The van der Waals surface area contributed by atoms with Gasteiger partial charge in [-0.1, -0.05) is 30.6 Å². The second kappa shape index (κ2) is 7.88. The summed E-state index contributed by atoms with van der Waals surface area (Å²) in [5.41, 5.74) is 11.5. The third-order valence-electron chi connectivity index (χ3n) is 2.93. The van der Waals surface area contributed by atoms with Gasteiger partial charge in [0, 0.05) is 17.7 Å². The van der Waals surface area contributed by atoms with Gasteiger partial charge in [-0.05, 0) is 18.6 Å². The quantitative estimate of drug-likeness (QED) is 0.293. The summed E-state index contributed by atoms with van der Waals surface area (Å²) in [6.45, 7) is 2.31. The Bertz CT molecular complexity index is 543. The van der Waals surface area contributed by atoms with Gasteiger partial charge in [0.1, 0.15) is 0 Å². The van der Waals surface area contributed by atoms with Gasteiger partial charge in [-0.25, -0.2) is 0 Å². The van der Waals surface area contributed by atoms with Gasteiger partial charge in [0.15, 0.2) is 5.84 Å². The molecule has 5 N–H and O–H groups in total. The molecule has 0 bridgehead atoms. The second-order valence-corrected chi connectivity index (χ2v) is 4.61. The average Bonchev–Trinajstić information content (AvgIpc) is 2.49. The van der Waals surface area contributed by atoms with Crippen LogP contribution in [0.5, 0.6) is 0 Å². The van der Waals surface area contributed by atoms with Gasteiger partial charge in [0.25, 0.3) is 5.91 Å². The zero-order valence-electron chi connectivity index (χ0n) is 12.0. The van der Waals surface area contributed by atoms with Crippen molar-refractivity contribution in [1.29, 1.82) is 0 Å². The highest BCUT2D eigenvalue weighted by Crippen LogP contribution is 2.09. The fourth-order valence-corrected chi connectivity index (χ4v) is 1.84. The molecule has 21 heavy (non-hydrogen) atoms. The van der Waals surface area contributed by atoms with E-state index in [-0.39, 0.29) is 18.3 Å². The Labute approximate surface area is 123 Å². The van der Waals surface area contributed by atoms with Crippen molar-refractivity contribution in [2.75, 3.05) is 13.1 Å². The van der Waals surface area contributed by atoms with E-state index in [0.29, 0.717) is 17.7 Å². The van der Waals surface area contributed by atoms with E-state index in [0.717, 1.165) is 12.8 Å². The highest BCUT2D eigenvalue weighted by Gasteiger charge is 2.17. The molecule has 7 heteroatoms. The van der Waals surface area contributed by atoms with Gasteiger partial charge in [-0.15, -0.1) is 0 Å². The van der Waals surface area contributed by atoms with E-state index in [1.807, 2.05) is 6.92 Å². The molecular weight excluding hydrogens is 272 g/mol. The molecule has 0 unspecified atom stereocenters. The minimum absolute atomic E-state index is 0.0836. The van der Waals surface area contributed by atoms with Crippen LogP contribution in [0.3, 0.4) is 0 Å². The van der Waals surface area contributed by atoms with Crippen molar-refractivity contribution in [1.82, 2.24) is 4.90 Å². The number of benzene rings is 1. The van der Waals surface area contributed by atoms with Crippen LogP contribution in [0.15, 0.2) is 29.4 Å². The molecule has 1 rings (SSSR count). The lowest BCUT2D eigenvalue weighted by Crippen LogP contribution is -2.39. The number of amidine groups is 1. The molecule has 114 valence electrons. The van der Waals surface area contributed by atoms with E-state index in [9.17, 15) is 9.59 Å². The lowest BCUT2D eigenvalue weighted by Gasteiger charge is -2.21. The van der Waals surface area contributed by atoms with Gasteiger partial charge >= 0.3 is 0 Å². The van der Waals surface area contributed by atoms with E-state index in [1.54, 1.807) is 18.2 Å². The van der Waals surface area contributed by atoms with Gasteiger partial charge in [-0.3, -0.25) is 9.59 Å². The van der Waals surface area contributed by atoms with E-state index in [1.165, 1.54) is 11.0 Å². The van der Waals surface area contributed by atoms with Crippen LogP contribution < -0.4 is 11.5 Å². The smallest absolute Gasteiger partial charge is 0.254 e. The summed E-state index contributed by atoms with van der Waals surface area (Å²) < 4.78 is 0. The third-order valence-corrected chi connectivity index (χ3v) is 2.93. The molecule has 2 amide bonds. The minimum Gasteiger partial charge on any atom is -0.409 e. The number of unbranched alkanes of at least 4 members (excludes halogenated alkanes) is 1. The molecule has 0 aliphatic rings. The van der Waals surface area contributed by atoms with Crippen LogP contribution >= 0.6 is 0 Å². The van der Waals surface area contributed by atoms with Crippen molar-refractivity contribution in [3.05, 3.63) is 35.4 Å². The zero-order chi connectivity index (χ0) is 15.8. The molecule has 0 fully saturated rings. The van der Waals surface area contributed by atoms with Crippen molar-refractivity contribution in [2.45, 2.75) is 19.8 Å². The van der Waals surface area contributed by atoms with E-state index >= 15 is 0 Å². The number of hydrogen-bond donors (Lipinski definition) is 3. The Kier molecular flexibility index (Phi) is 6.19. The fraction of sp³-hybridized carbons (Fsp3) is 0.357. The summed E-state index contributed by atoms with van der Waals surface area (Å²) in [5.74, 6) is -0.957. The number of nitrogens with two attached hydrogens (primary N) is 2. The van der Waals surface area contributed by atoms with Crippen molar-refractivity contribution >= 4 is 17.6 Å². The molecule has 0 aliphatic heterocycles. The van der Waals surface area contributed by atoms with Crippen LogP contribution in [0.4, 0.5) is 0 Å². The van der Waals surface area contributed by atoms with Crippen molar-refractivity contribution in [3.63, 3.8) is 0 Å². The lowest BCUT2D eigenvalue weighted by molar-refractivity contribution is -0.118. The number of rotatable bonds is 7. The zero-order valence-corrected chi connectivity index (χ0v) is 12.0.